The molecule has 0 aliphatic carbocycles. The van der Waals surface area contributed by atoms with Gasteiger partial charge in [-0.3, -0.25) is 14.0 Å². The highest BCUT2D eigenvalue weighted by Crippen LogP contribution is 2.34. The summed E-state index contributed by atoms with van der Waals surface area (Å²) in [6.45, 7) is 2.17. The Balaban J connectivity index is 0.943. The van der Waals surface area contributed by atoms with Gasteiger partial charge >= 0.3 is 0 Å². The molecule has 188 valence electrons. The lowest BCUT2D eigenvalue weighted by Gasteiger charge is -2.31. The van der Waals surface area contributed by atoms with Crippen LogP contribution in [0.4, 0.5) is 0 Å². The summed E-state index contributed by atoms with van der Waals surface area (Å²) in [7, 11) is 0. The molecule has 2 amide bonds. The number of thiazole rings is 1. The first-order valence-corrected chi connectivity index (χ1v) is 14.3. The van der Waals surface area contributed by atoms with Crippen LogP contribution in [0.1, 0.15) is 41.9 Å². The average molecular weight is 530 g/mol. The number of nitrogens with one attached hydrogen (secondary N) is 1. The van der Waals surface area contributed by atoms with Gasteiger partial charge in [-0.25, -0.2) is 9.97 Å². The fourth-order valence-electron chi connectivity index (χ4n) is 4.95. The van der Waals surface area contributed by atoms with E-state index in [1.165, 1.54) is 23.1 Å². The predicted octanol–water partition coefficient (Wildman–Crippen LogP) is 5.35. The van der Waals surface area contributed by atoms with Crippen LogP contribution in [-0.2, 0) is 4.79 Å². The fourth-order valence-corrected chi connectivity index (χ4v) is 6.76. The van der Waals surface area contributed by atoms with Gasteiger partial charge in [-0.05, 0) is 49.8 Å². The van der Waals surface area contributed by atoms with Crippen molar-refractivity contribution < 1.29 is 9.59 Å². The van der Waals surface area contributed by atoms with E-state index < -0.39 is 0 Å². The lowest BCUT2D eigenvalue weighted by Crippen LogP contribution is -2.38. The molecule has 1 N–H and O–H groups in total. The molecule has 0 saturated carbocycles. The maximum Gasteiger partial charge on any atom is 0.273 e. The Morgan fingerprint density at radius 1 is 1.05 bits per heavy atom. The van der Waals surface area contributed by atoms with Crippen molar-refractivity contribution in [2.75, 3.05) is 19.6 Å². The first-order chi connectivity index (χ1) is 18.2. The second-order valence-corrected chi connectivity index (χ2v) is 11.3. The number of imidazole rings is 1. The molecule has 0 radical (unpaired) electrons. The van der Waals surface area contributed by atoms with E-state index in [1.807, 2.05) is 64.9 Å². The monoisotopic (exact) mass is 529 g/mol. The zero-order valence-electron chi connectivity index (χ0n) is 20.3. The maximum atomic E-state index is 13.0. The maximum absolute atomic E-state index is 13.0. The Labute approximate surface area is 223 Å². The van der Waals surface area contributed by atoms with Gasteiger partial charge in [0.15, 0.2) is 0 Å². The largest absolute Gasteiger partial charge is 0.352 e. The molecule has 0 atom stereocenters. The van der Waals surface area contributed by atoms with Gasteiger partial charge in [-0.2, -0.15) is 0 Å². The van der Waals surface area contributed by atoms with E-state index in [4.69, 9.17) is 0 Å². The van der Waals surface area contributed by atoms with Crippen LogP contribution in [0.15, 0.2) is 70.0 Å². The van der Waals surface area contributed by atoms with Gasteiger partial charge in [0.25, 0.3) is 11.8 Å². The smallest absolute Gasteiger partial charge is 0.273 e. The number of benzene rings is 1. The number of carbonyl (C=O) groups excluding carboxylic acids is 2. The topological polar surface area (TPSA) is 79.6 Å². The number of hydrogen-bond donors (Lipinski definition) is 1. The summed E-state index contributed by atoms with van der Waals surface area (Å²) in [5.41, 5.74) is 3.41. The summed E-state index contributed by atoms with van der Waals surface area (Å²) in [6.07, 6.45) is 7.68. The van der Waals surface area contributed by atoms with E-state index >= 15 is 0 Å². The van der Waals surface area contributed by atoms with Gasteiger partial charge in [0.05, 0.1) is 21.8 Å². The molecule has 1 saturated heterocycles. The zero-order chi connectivity index (χ0) is 25.2. The lowest BCUT2D eigenvalue weighted by atomic mass is 9.92. The molecule has 3 aromatic heterocycles. The summed E-state index contributed by atoms with van der Waals surface area (Å²) >= 11 is 2.99. The molecule has 0 unspecified atom stereocenters. The highest BCUT2D eigenvalue weighted by molar-refractivity contribution is 8.04. The van der Waals surface area contributed by atoms with Crippen LogP contribution in [-0.4, -0.2) is 50.7 Å². The van der Waals surface area contributed by atoms with Gasteiger partial charge < -0.3 is 10.2 Å². The molecule has 5 heterocycles. The molecule has 7 nitrogen and oxygen atoms in total. The van der Waals surface area contributed by atoms with Crippen molar-refractivity contribution >= 4 is 46.6 Å². The third-order valence-electron chi connectivity index (χ3n) is 6.96. The number of thioether (sulfide) groups is 1. The van der Waals surface area contributed by atoms with Crippen molar-refractivity contribution in [3.63, 3.8) is 0 Å². The van der Waals surface area contributed by atoms with Crippen molar-refractivity contribution in [3.8, 4) is 10.6 Å². The van der Waals surface area contributed by atoms with Crippen molar-refractivity contribution in [1.29, 1.82) is 0 Å². The number of aromatic nitrogens is 3. The first-order valence-electron chi connectivity index (χ1n) is 12.6. The van der Waals surface area contributed by atoms with Gasteiger partial charge in [-0.1, -0.05) is 48.2 Å². The van der Waals surface area contributed by atoms with Crippen LogP contribution in [0.3, 0.4) is 0 Å². The molecule has 37 heavy (non-hydrogen) atoms. The van der Waals surface area contributed by atoms with E-state index in [0.29, 0.717) is 23.1 Å². The van der Waals surface area contributed by atoms with Crippen LogP contribution in [0.5, 0.6) is 0 Å². The van der Waals surface area contributed by atoms with Crippen molar-refractivity contribution in [1.82, 2.24) is 24.6 Å². The van der Waals surface area contributed by atoms with Crippen molar-refractivity contribution in [2.45, 2.75) is 30.7 Å². The Morgan fingerprint density at radius 2 is 1.89 bits per heavy atom. The molecule has 4 aromatic rings. The standard InChI is InChI=1S/C28H27N5O2S2/c34-26(23-16-21-17-30-24-9-4-10-25(37-23)33(21)24)29-13-5-6-19-11-14-32(15-12-19)28(35)22-18-36-27(31-22)20-7-2-1-3-8-20/h1-4,7-10,16-19H,5-6,11-15H2,(H,29,34). The SMILES string of the molecule is O=C(NCCCC1CCN(C(=O)c2csc(-c3ccccc3)n2)CC1)C1=Cc2cnc3cccc(n23)S1. The molecule has 0 spiro atoms. The predicted molar refractivity (Wildman–Crippen MR) is 147 cm³/mol. The number of amides is 2. The number of pyridine rings is 1. The quantitative estimate of drug-likeness (QED) is 0.326. The fraction of sp³-hybridized carbons (Fsp3) is 0.286. The molecule has 6 rings (SSSR count). The molecule has 2 aliphatic heterocycles. The minimum Gasteiger partial charge on any atom is -0.352 e. The summed E-state index contributed by atoms with van der Waals surface area (Å²) in [4.78, 5) is 37.4. The van der Waals surface area contributed by atoms with Gasteiger partial charge in [0, 0.05) is 30.6 Å². The first kappa shape index (κ1) is 23.9. The minimum absolute atomic E-state index is 0.0273. The lowest BCUT2D eigenvalue weighted by molar-refractivity contribution is -0.116. The number of hydrogen-bond acceptors (Lipinski definition) is 6. The Bertz CT molecular complexity index is 1470. The third-order valence-corrected chi connectivity index (χ3v) is 8.90. The number of carbonyl (C=O) groups is 2. The van der Waals surface area contributed by atoms with E-state index in [9.17, 15) is 9.59 Å². The van der Waals surface area contributed by atoms with Crippen molar-refractivity contribution in [2.24, 2.45) is 5.92 Å². The van der Waals surface area contributed by atoms with Crippen molar-refractivity contribution in [3.05, 3.63) is 76.4 Å². The molecule has 2 aliphatic rings. The average Bonchev–Trinajstić information content (AvgIpc) is 3.60. The van der Waals surface area contributed by atoms with E-state index in [-0.39, 0.29) is 11.8 Å². The van der Waals surface area contributed by atoms with Crippen LogP contribution in [0.25, 0.3) is 22.3 Å². The van der Waals surface area contributed by atoms with Gasteiger partial charge in [0.2, 0.25) is 0 Å². The molecule has 1 aromatic carbocycles. The number of rotatable bonds is 7. The highest BCUT2D eigenvalue weighted by atomic mass is 32.2. The number of piperidine rings is 1. The summed E-state index contributed by atoms with van der Waals surface area (Å²) in [5, 5.41) is 6.84. The van der Waals surface area contributed by atoms with E-state index in [2.05, 4.69) is 19.7 Å². The Kier molecular flexibility index (Phi) is 6.80. The normalized spacial score (nSPS) is 15.6. The number of likely N-dealkylation sites (tertiary alicyclic amines) is 1. The molecule has 1 fully saturated rings. The van der Waals surface area contributed by atoms with Crippen LogP contribution in [0, 0.1) is 5.92 Å². The molecular weight excluding hydrogens is 502 g/mol. The highest BCUT2D eigenvalue weighted by Gasteiger charge is 2.25. The second kappa shape index (κ2) is 10.5. The second-order valence-electron chi connectivity index (χ2n) is 9.39. The summed E-state index contributed by atoms with van der Waals surface area (Å²) in [6, 6.07) is 15.9. The van der Waals surface area contributed by atoms with Crippen LogP contribution >= 0.6 is 23.1 Å². The molecular formula is C28H27N5O2S2. The van der Waals surface area contributed by atoms with E-state index in [0.717, 1.165) is 65.7 Å². The summed E-state index contributed by atoms with van der Waals surface area (Å²) in [5.74, 6) is 0.568. The van der Waals surface area contributed by atoms with Crippen LogP contribution in [0.2, 0.25) is 0 Å². The van der Waals surface area contributed by atoms with Crippen LogP contribution < -0.4 is 5.32 Å². The third kappa shape index (κ3) is 5.06. The summed E-state index contributed by atoms with van der Waals surface area (Å²) < 4.78 is 2.06. The molecule has 9 heteroatoms. The molecule has 0 bridgehead atoms. The van der Waals surface area contributed by atoms with Gasteiger partial charge in [-0.15, -0.1) is 11.3 Å². The minimum atomic E-state index is -0.0343. The van der Waals surface area contributed by atoms with Gasteiger partial charge in [0.1, 0.15) is 16.3 Å². The Hall–Kier alpha value is -3.43. The number of nitrogens with zero attached hydrogens (tertiary/aromatic N) is 4. The van der Waals surface area contributed by atoms with E-state index in [1.54, 1.807) is 6.20 Å². The Morgan fingerprint density at radius 3 is 2.73 bits per heavy atom. The zero-order valence-corrected chi connectivity index (χ0v) is 21.9.